The lowest BCUT2D eigenvalue weighted by atomic mass is 9.94. The number of aromatic nitrogens is 1. The van der Waals surface area contributed by atoms with Crippen LogP contribution in [0.15, 0.2) is 18.3 Å². The standard InChI is InChI=1S/C11H13ClN2O/c12-11-6-3-9(7-13-11)14-8-1-4-10(15)5-2-8/h3,6-8,14H,1-2,4-5H2. The molecule has 0 saturated heterocycles. The third-order valence-corrected chi connectivity index (χ3v) is 2.87. The third-order valence-electron chi connectivity index (χ3n) is 2.64. The van der Waals surface area contributed by atoms with Gasteiger partial charge in [-0.3, -0.25) is 4.79 Å². The molecule has 0 aromatic carbocycles. The first-order chi connectivity index (χ1) is 7.24. The molecule has 1 aromatic heterocycles. The molecular weight excluding hydrogens is 212 g/mol. The minimum atomic E-state index is 0.377. The predicted molar refractivity (Wildman–Crippen MR) is 60.1 cm³/mol. The number of ketones is 1. The fourth-order valence-corrected chi connectivity index (χ4v) is 1.89. The predicted octanol–water partition coefficient (Wildman–Crippen LogP) is 2.66. The Morgan fingerprint density at radius 2 is 2.07 bits per heavy atom. The Balaban J connectivity index is 1.91. The number of hydrogen-bond acceptors (Lipinski definition) is 3. The van der Waals surface area contributed by atoms with E-state index in [1.54, 1.807) is 12.3 Å². The van der Waals surface area contributed by atoms with Crippen molar-refractivity contribution >= 4 is 23.1 Å². The van der Waals surface area contributed by atoms with E-state index in [1.165, 1.54) is 0 Å². The van der Waals surface area contributed by atoms with Gasteiger partial charge < -0.3 is 5.32 Å². The van der Waals surface area contributed by atoms with E-state index in [-0.39, 0.29) is 0 Å². The van der Waals surface area contributed by atoms with Crippen LogP contribution in [0.1, 0.15) is 25.7 Å². The Labute approximate surface area is 93.8 Å². The van der Waals surface area contributed by atoms with Crippen LogP contribution in [-0.2, 0) is 4.79 Å². The number of halogens is 1. The molecule has 0 atom stereocenters. The quantitative estimate of drug-likeness (QED) is 0.786. The van der Waals surface area contributed by atoms with E-state index in [1.807, 2.05) is 6.07 Å². The van der Waals surface area contributed by atoms with Gasteiger partial charge in [-0.15, -0.1) is 0 Å². The van der Waals surface area contributed by atoms with Gasteiger partial charge in [-0.1, -0.05) is 11.6 Å². The van der Waals surface area contributed by atoms with Crippen molar-refractivity contribution in [1.82, 2.24) is 4.98 Å². The van der Waals surface area contributed by atoms with Crippen molar-refractivity contribution in [2.45, 2.75) is 31.7 Å². The Hall–Kier alpha value is -1.09. The average Bonchev–Trinajstić information content (AvgIpc) is 2.25. The summed E-state index contributed by atoms with van der Waals surface area (Å²) in [7, 11) is 0. The Kier molecular flexibility index (Phi) is 3.21. The summed E-state index contributed by atoms with van der Waals surface area (Å²) >= 11 is 5.69. The molecule has 0 aliphatic heterocycles. The van der Waals surface area contributed by atoms with E-state index in [4.69, 9.17) is 11.6 Å². The summed E-state index contributed by atoms with van der Waals surface area (Å²) < 4.78 is 0. The van der Waals surface area contributed by atoms with Crippen LogP contribution < -0.4 is 5.32 Å². The van der Waals surface area contributed by atoms with E-state index in [0.717, 1.165) is 18.5 Å². The van der Waals surface area contributed by atoms with Gasteiger partial charge in [-0.05, 0) is 25.0 Å². The zero-order valence-electron chi connectivity index (χ0n) is 8.37. The number of carbonyl (C=O) groups is 1. The molecule has 1 heterocycles. The molecule has 0 unspecified atom stereocenters. The lowest BCUT2D eigenvalue weighted by Crippen LogP contribution is -2.25. The molecule has 1 aliphatic rings. The summed E-state index contributed by atoms with van der Waals surface area (Å²) in [6.45, 7) is 0. The van der Waals surface area contributed by atoms with E-state index >= 15 is 0 Å². The van der Waals surface area contributed by atoms with Crippen LogP contribution in [0.2, 0.25) is 5.15 Å². The van der Waals surface area contributed by atoms with Crippen LogP contribution in [0.4, 0.5) is 5.69 Å². The van der Waals surface area contributed by atoms with Gasteiger partial charge in [-0.25, -0.2) is 4.98 Å². The van der Waals surface area contributed by atoms with Gasteiger partial charge in [0.2, 0.25) is 0 Å². The molecule has 1 saturated carbocycles. The number of Topliss-reactive ketones (excluding diaryl/α,β-unsaturated/α-hetero) is 1. The molecule has 1 aromatic rings. The molecule has 2 rings (SSSR count). The second-order valence-electron chi connectivity index (χ2n) is 3.83. The lowest BCUT2D eigenvalue weighted by Gasteiger charge is -2.22. The van der Waals surface area contributed by atoms with Crippen molar-refractivity contribution in [3.63, 3.8) is 0 Å². The van der Waals surface area contributed by atoms with Crippen molar-refractivity contribution in [3.05, 3.63) is 23.5 Å². The maximum atomic E-state index is 11.0. The normalized spacial score (nSPS) is 17.8. The van der Waals surface area contributed by atoms with Gasteiger partial charge in [0, 0.05) is 18.9 Å². The molecule has 1 N–H and O–H groups in total. The molecule has 0 amide bonds. The largest absolute Gasteiger partial charge is 0.381 e. The zero-order valence-corrected chi connectivity index (χ0v) is 9.13. The van der Waals surface area contributed by atoms with Crippen molar-refractivity contribution in [1.29, 1.82) is 0 Å². The monoisotopic (exact) mass is 224 g/mol. The highest BCUT2D eigenvalue weighted by molar-refractivity contribution is 6.29. The second-order valence-corrected chi connectivity index (χ2v) is 4.21. The summed E-state index contributed by atoms with van der Waals surface area (Å²) in [6, 6.07) is 4.06. The Morgan fingerprint density at radius 1 is 1.33 bits per heavy atom. The van der Waals surface area contributed by atoms with Crippen LogP contribution in [0.25, 0.3) is 0 Å². The maximum Gasteiger partial charge on any atom is 0.133 e. The molecule has 15 heavy (non-hydrogen) atoms. The molecule has 4 heteroatoms. The van der Waals surface area contributed by atoms with E-state index in [2.05, 4.69) is 10.3 Å². The summed E-state index contributed by atoms with van der Waals surface area (Å²) in [6.07, 6.45) is 4.94. The number of hydrogen-bond donors (Lipinski definition) is 1. The first kappa shape index (κ1) is 10.4. The van der Waals surface area contributed by atoms with Gasteiger partial charge >= 0.3 is 0 Å². The minimum Gasteiger partial charge on any atom is -0.381 e. The minimum absolute atomic E-state index is 0.377. The van der Waals surface area contributed by atoms with Crippen LogP contribution in [0.5, 0.6) is 0 Å². The van der Waals surface area contributed by atoms with Gasteiger partial charge in [-0.2, -0.15) is 0 Å². The number of pyridine rings is 1. The van der Waals surface area contributed by atoms with E-state index in [9.17, 15) is 4.79 Å². The SMILES string of the molecule is O=C1CCC(Nc2ccc(Cl)nc2)CC1. The number of nitrogens with one attached hydrogen (secondary N) is 1. The second kappa shape index (κ2) is 4.62. The number of rotatable bonds is 2. The highest BCUT2D eigenvalue weighted by Crippen LogP contribution is 2.19. The van der Waals surface area contributed by atoms with Gasteiger partial charge in [0.05, 0.1) is 11.9 Å². The molecule has 0 bridgehead atoms. The van der Waals surface area contributed by atoms with Gasteiger partial charge in [0.15, 0.2) is 0 Å². The van der Waals surface area contributed by atoms with Crippen LogP contribution in [0.3, 0.4) is 0 Å². The zero-order chi connectivity index (χ0) is 10.7. The topological polar surface area (TPSA) is 42.0 Å². The number of anilines is 1. The molecular formula is C11H13ClN2O. The third kappa shape index (κ3) is 2.93. The first-order valence-electron chi connectivity index (χ1n) is 5.14. The van der Waals surface area contributed by atoms with Crippen LogP contribution in [0, 0.1) is 0 Å². The molecule has 3 nitrogen and oxygen atoms in total. The number of carbonyl (C=O) groups excluding carboxylic acids is 1. The lowest BCUT2D eigenvalue weighted by molar-refractivity contribution is -0.120. The highest BCUT2D eigenvalue weighted by Gasteiger charge is 2.18. The first-order valence-corrected chi connectivity index (χ1v) is 5.51. The smallest absolute Gasteiger partial charge is 0.133 e. The summed E-state index contributed by atoms with van der Waals surface area (Å²) in [5.74, 6) is 0.377. The highest BCUT2D eigenvalue weighted by atomic mass is 35.5. The van der Waals surface area contributed by atoms with Crippen molar-refractivity contribution in [3.8, 4) is 0 Å². The fraction of sp³-hybridized carbons (Fsp3) is 0.455. The molecule has 80 valence electrons. The van der Waals surface area contributed by atoms with Crippen LogP contribution >= 0.6 is 11.6 Å². The summed E-state index contributed by atoms with van der Waals surface area (Å²) in [5.41, 5.74) is 0.971. The van der Waals surface area contributed by atoms with Crippen molar-refractivity contribution in [2.24, 2.45) is 0 Å². The van der Waals surface area contributed by atoms with Crippen molar-refractivity contribution in [2.75, 3.05) is 5.32 Å². The Bertz CT molecular complexity index is 340. The summed E-state index contributed by atoms with van der Waals surface area (Å²) in [4.78, 5) is 15.0. The van der Waals surface area contributed by atoms with E-state index in [0.29, 0.717) is 29.8 Å². The Morgan fingerprint density at radius 3 is 2.67 bits per heavy atom. The van der Waals surface area contributed by atoms with Crippen molar-refractivity contribution < 1.29 is 4.79 Å². The van der Waals surface area contributed by atoms with Gasteiger partial charge in [0.25, 0.3) is 0 Å². The van der Waals surface area contributed by atoms with E-state index < -0.39 is 0 Å². The molecule has 1 fully saturated rings. The number of nitrogens with zero attached hydrogens (tertiary/aromatic N) is 1. The maximum absolute atomic E-state index is 11.0. The molecule has 1 aliphatic carbocycles. The molecule has 0 radical (unpaired) electrons. The summed E-state index contributed by atoms with van der Waals surface area (Å²) in [5, 5.41) is 3.85. The van der Waals surface area contributed by atoms with Gasteiger partial charge in [0.1, 0.15) is 10.9 Å². The molecule has 0 spiro atoms. The fourth-order valence-electron chi connectivity index (χ4n) is 1.78. The van der Waals surface area contributed by atoms with Crippen LogP contribution in [-0.4, -0.2) is 16.8 Å². The average molecular weight is 225 g/mol.